The summed E-state index contributed by atoms with van der Waals surface area (Å²) in [5.41, 5.74) is 1.13. The third kappa shape index (κ3) is 2.63. The average molecular weight is 316 g/mol. The van der Waals surface area contributed by atoms with Gasteiger partial charge in [0.1, 0.15) is 18.8 Å². The Labute approximate surface area is 134 Å². The molecule has 0 saturated carbocycles. The van der Waals surface area contributed by atoms with Crippen molar-refractivity contribution in [3.8, 4) is 0 Å². The first-order chi connectivity index (χ1) is 11.2. The molecule has 0 bridgehead atoms. The molecule has 122 valence electrons. The van der Waals surface area contributed by atoms with Crippen LogP contribution in [-0.2, 0) is 11.3 Å². The number of ether oxygens (including phenoxy) is 1. The SMILES string of the molecule is COCc1noc(N2CC3CN(c4ncncc4C)CC3C2)n1. The van der Waals surface area contributed by atoms with E-state index in [2.05, 4.69) is 36.8 Å². The molecule has 0 spiro atoms. The summed E-state index contributed by atoms with van der Waals surface area (Å²) in [7, 11) is 1.62. The van der Waals surface area contributed by atoms with Gasteiger partial charge in [-0.25, -0.2) is 9.97 Å². The van der Waals surface area contributed by atoms with Crippen LogP contribution in [-0.4, -0.2) is 53.4 Å². The molecule has 2 atom stereocenters. The number of aromatic nitrogens is 4. The lowest BCUT2D eigenvalue weighted by Crippen LogP contribution is -2.29. The van der Waals surface area contributed by atoms with Crippen molar-refractivity contribution in [3.63, 3.8) is 0 Å². The summed E-state index contributed by atoms with van der Waals surface area (Å²) < 4.78 is 10.4. The smallest absolute Gasteiger partial charge is 0.324 e. The minimum absolute atomic E-state index is 0.380. The summed E-state index contributed by atoms with van der Waals surface area (Å²) in [4.78, 5) is 17.5. The molecule has 2 aliphatic heterocycles. The maximum atomic E-state index is 5.35. The first-order valence-corrected chi connectivity index (χ1v) is 7.82. The highest BCUT2D eigenvalue weighted by Crippen LogP contribution is 2.35. The van der Waals surface area contributed by atoms with Gasteiger partial charge in [-0.1, -0.05) is 5.16 Å². The summed E-state index contributed by atoms with van der Waals surface area (Å²) in [6, 6.07) is 0.608. The molecule has 2 saturated heterocycles. The second kappa shape index (κ2) is 5.77. The molecule has 2 fully saturated rings. The van der Waals surface area contributed by atoms with Gasteiger partial charge in [-0.05, 0) is 6.92 Å². The van der Waals surface area contributed by atoms with Crippen LogP contribution in [0.2, 0.25) is 0 Å². The summed E-state index contributed by atoms with van der Waals surface area (Å²) in [6.07, 6.45) is 3.50. The minimum atomic E-state index is 0.380. The molecule has 8 heteroatoms. The third-order valence-corrected chi connectivity index (χ3v) is 4.65. The monoisotopic (exact) mass is 316 g/mol. The topological polar surface area (TPSA) is 80.4 Å². The quantitative estimate of drug-likeness (QED) is 0.822. The largest absolute Gasteiger partial charge is 0.377 e. The maximum Gasteiger partial charge on any atom is 0.324 e. The van der Waals surface area contributed by atoms with Gasteiger partial charge in [-0.3, -0.25) is 0 Å². The van der Waals surface area contributed by atoms with Gasteiger partial charge in [0.15, 0.2) is 5.82 Å². The van der Waals surface area contributed by atoms with Gasteiger partial charge in [0, 0.05) is 56.9 Å². The van der Waals surface area contributed by atoms with Gasteiger partial charge in [-0.15, -0.1) is 0 Å². The van der Waals surface area contributed by atoms with Crippen LogP contribution in [0, 0.1) is 18.8 Å². The van der Waals surface area contributed by atoms with Crippen LogP contribution in [0.3, 0.4) is 0 Å². The van der Waals surface area contributed by atoms with E-state index in [1.807, 2.05) is 6.20 Å². The van der Waals surface area contributed by atoms with E-state index in [-0.39, 0.29) is 0 Å². The minimum Gasteiger partial charge on any atom is -0.377 e. The summed E-state index contributed by atoms with van der Waals surface area (Å²) in [6.45, 7) is 6.35. The predicted molar refractivity (Wildman–Crippen MR) is 83.2 cm³/mol. The first kappa shape index (κ1) is 14.4. The Balaban J connectivity index is 1.42. The van der Waals surface area contributed by atoms with Crippen molar-refractivity contribution in [1.29, 1.82) is 0 Å². The standard InChI is InChI=1S/C15H20N6O2/c1-10-3-16-9-17-14(10)20-4-11-6-21(7-12(11)5-20)15-18-13(8-22-2)19-23-15/h3,9,11-12H,4-8H2,1-2H3. The van der Waals surface area contributed by atoms with Crippen molar-refractivity contribution in [3.05, 3.63) is 23.9 Å². The fourth-order valence-corrected chi connectivity index (χ4v) is 3.61. The summed E-state index contributed by atoms with van der Waals surface area (Å²) in [5, 5.41) is 3.94. The van der Waals surface area contributed by atoms with Gasteiger partial charge < -0.3 is 19.1 Å². The second-order valence-corrected chi connectivity index (χ2v) is 6.29. The highest BCUT2D eigenvalue weighted by molar-refractivity contribution is 5.47. The number of methoxy groups -OCH3 is 1. The molecule has 0 N–H and O–H groups in total. The molecule has 0 radical (unpaired) electrons. The van der Waals surface area contributed by atoms with Gasteiger partial charge in [0.2, 0.25) is 0 Å². The zero-order valence-electron chi connectivity index (χ0n) is 13.3. The average Bonchev–Trinajstić information content (AvgIpc) is 3.21. The van der Waals surface area contributed by atoms with E-state index in [1.54, 1.807) is 13.4 Å². The van der Waals surface area contributed by atoms with E-state index < -0.39 is 0 Å². The lowest BCUT2D eigenvalue weighted by molar-refractivity contribution is 0.174. The number of anilines is 2. The molecule has 4 rings (SSSR count). The van der Waals surface area contributed by atoms with Crippen molar-refractivity contribution < 1.29 is 9.26 Å². The van der Waals surface area contributed by atoms with E-state index in [0.29, 0.717) is 30.3 Å². The lowest BCUT2D eigenvalue weighted by Gasteiger charge is -2.22. The number of hydrogen-bond donors (Lipinski definition) is 0. The Hall–Kier alpha value is -2.22. The Morgan fingerprint density at radius 1 is 1.22 bits per heavy atom. The zero-order valence-corrected chi connectivity index (χ0v) is 13.3. The number of aryl methyl sites for hydroxylation is 1. The Bertz CT molecular complexity index is 676. The van der Waals surface area contributed by atoms with Crippen LogP contribution >= 0.6 is 0 Å². The number of nitrogens with zero attached hydrogens (tertiary/aromatic N) is 6. The van der Waals surface area contributed by atoms with E-state index in [9.17, 15) is 0 Å². The number of fused-ring (bicyclic) bond motifs is 1. The molecule has 4 heterocycles. The normalized spacial score (nSPS) is 23.6. The molecule has 0 aliphatic carbocycles. The van der Waals surface area contributed by atoms with E-state index in [1.165, 1.54) is 0 Å². The molecular formula is C15H20N6O2. The molecular weight excluding hydrogens is 296 g/mol. The number of rotatable bonds is 4. The maximum absolute atomic E-state index is 5.35. The predicted octanol–water partition coefficient (Wildman–Crippen LogP) is 0.887. The Morgan fingerprint density at radius 2 is 1.96 bits per heavy atom. The van der Waals surface area contributed by atoms with Crippen LogP contribution in [0.15, 0.2) is 17.0 Å². The molecule has 8 nitrogen and oxygen atoms in total. The van der Waals surface area contributed by atoms with Gasteiger partial charge in [0.05, 0.1) is 0 Å². The van der Waals surface area contributed by atoms with Crippen molar-refractivity contribution in [2.45, 2.75) is 13.5 Å². The second-order valence-electron chi connectivity index (χ2n) is 6.29. The van der Waals surface area contributed by atoms with Crippen LogP contribution in [0.25, 0.3) is 0 Å². The summed E-state index contributed by atoms with van der Waals surface area (Å²) >= 11 is 0. The van der Waals surface area contributed by atoms with Crippen LogP contribution in [0.5, 0.6) is 0 Å². The van der Waals surface area contributed by atoms with Crippen molar-refractivity contribution in [2.75, 3.05) is 43.1 Å². The van der Waals surface area contributed by atoms with Crippen LogP contribution in [0.4, 0.5) is 11.8 Å². The summed E-state index contributed by atoms with van der Waals surface area (Å²) in [5.74, 6) is 2.85. The molecule has 23 heavy (non-hydrogen) atoms. The van der Waals surface area contributed by atoms with Crippen LogP contribution < -0.4 is 9.80 Å². The van der Waals surface area contributed by atoms with Crippen molar-refractivity contribution in [2.24, 2.45) is 11.8 Å². The fourth-order valence-electron chi connectivity index (χ4n) is 3.61. The number of hydrogen-bond acceptors (Lipinski definition) is 8. The molecule has 2 unspecified atom stereocenters. The third-order valence-electron chi connectivity index (χ3n) is 4.65. The zero-order chi connectivity index (χ0) is 15.8. The van der Waals surface area contributed by atoms with E-state index >= 15 is 0 Å². The Kier molecular flexibility index (Phi) is 3.60. The highest BCUT2D eigenvalue weighted by Gasteiger charge is 2.42. The van der Waals surface area contributed by atoms with Gasteiger partial charge >= 0.3 is 6.01 Å². The highest BCUT2D eigenvalue weighted by atomic mass is 16.5. The van der Waals surface area contributed by atoms with Crippen LogP contribution in [0.1, 0.15) is 11.4 Å². The molecule has 0 amide bonds. The van der Waals surface area contributed by atoms with Gasteiger partial charge in [0.25, 0.3) is 0 Å². The molecule has 0 aromatic carbocycles. The molecule has 2 aromatic rings. The molecule has 2 aliphatic rings. The Morgan fingerprint density at radius 3 is 2.65 bits per heavy atom. The first-order valence-electron chi connectivity index (χ1n) is 7.82. The van der Waals surface area contributed by atoms with Crippen molar-refractivity contribution in [1.82, 2.24) is 20.1 Å². The van der Waals surface area contributed by atoms with Crippen molar-refractivity contribution >= 4 is 11.8 Å². The van der Waals surface area contributed by atoms with E-state index in [0.717, 1.165) is 37.6 Å². The molecule has 2 aromatic heterocycles. The van der Waals surface area contributed by atoms with Gasteiger partial charge in [-0.2, -0.15) is 4.98 Å². The lowest BCUT2D eigenvalue weighted by atomic mass is 10.0. The fraction of sp³-hybridized carbons (Fsp3) is 0.600. The van der Waals surface area contributed by atoms with E-state index in [4.69, 9.17) is 9.26 Å².